The van der Waals surface area contributed by atoms with Crippen molar-refractivity contribution < 1.29 is 9.53 Å². The Bertz CT molecular complexity index is 1060. The number of carbonyl (C=O) groups is 1. The van der Waals surface area contributed by atoms with Crippen molar-refractivity contribution in [2.24, 2.45) is 0 Å². The number of fused-ring (bicyclic) bond motifs is 1. The molecule has 0 bridgehead atoms. The summed E-state index contributed by atoms with van der Waals surface area (Å²) in [5.74, 6) is -0.0989. The van der Waals surface area contributed by atoms with Crippen LogP contribution in [0.5, 0.6) is 0 Å². The van der Waals surface area contributed by atoms with Gasteiger partial charge in [0, 0.05) is 36.8 Å². The van der Waals surface area contributed by atoms with Gasteiger partial charge in [-0.25, -0.2) is 4.98 Å². The maximum absolute atomic E-state index is 13.3. The van der Waals surface area contributed by atoms with Crippen molar-refractivity contribution >= 4 is 16.8 Å². The maximum atomic E-state index is 13.3. The number of hydrogen-bond acceptors (Lipinski definition) is 5. The van der Waals surface area contributed by atoms with Crippen molar-refractivity contribution in [1.82, 2.24) is 20.2 Å². The van der Waals surface area contributed by atoms with Crippen LogP contribution in [0.15, 0.2) is 54.7 Å². The Morgan fingerprint density at radius 2 is 1.81 bits per heavy atom. The van der Waals surface area contributed by atoms with Crippen molar-refractivity contribution in [3.05, 3.63) is 60.3 Å². The maximum Gasteiger partial charge on any atom is 0.252 e. The van der Waals surface area contributed by atoms with Gasteiger partial charge in [-0.05, 0) is 52.0 Å². The fourth-order valence-electron chi connectivity index (χ4n) is 4.18. The quantitative estimate of drug-likeness (QED) is 0.680. The molecule has 6 nitrogen and oxygen atoms in total. The molecule has 31 heavy (non-hydrogen) atoms. The van der Waals surface area contributed by atoms with E-state index in [1.54, 1.807) is 6.20 Å². The van der Waals surface area contributed by atoms with Crippen molar-refractivity contribution in [3.8, 4) is 11.4 Å². The van der Waals surface area contributed by atoms with Gasteiger partial charge in [-0.3, -0.25) is 14.7 Å². The molecule has 1 saturated heterocycles. The van der Waals surface area contributed by atoms with E-state index in [1.165, 1.54) is 0 Å². The first-order valence-electron chi connectivity index (χ1n) is 10.8. The smallest absolute Gasteiger partial charge is 0.252 e. The second-order valence-corrected chi connectivity index (χ2v) is 8.94. The summed E-state index contributed by atoms with van der Waals surface area (Å²) in [5, 5.41) is 4.01. The number of benzene rings is 1. The Morgan fingerprint density at radius 1 is 1.10 bits per heavy atom. The van der Waals surface area contributed by atoms with Crippen LogP contribution in [0.2, 0.25) is 0 Å². The van der Waals surface area contributed by atoms with Gasteiger partial charge in [-0.15, -0.1) is 0 Å². The van der Waals surface area contributed by atoms with E-state index in [0.29, 0.717) is 17.8 Å². The van der Waals surface area contributed by atoms with Gasteiger partial charge >= 0.3 is 0 Å². The molecule has 2 atom stereocenters. The van der Waals surface area contributed by atoms with Gasteiger partial charge in [-0.2, -0.15) is 0 Å². The number of pyridine rings is 2. The summed E-state index contributed by atoms with van der Waals surface area (Å²) < 4.78 is 5.87. The number of carbonyl (C=O) groups excluding carboxylic acids is 1. The van der Waals surface area contributed by atoms with E-state index < -0.39 is 0 Å². The highest BCUT2D eigenvalue weighted by Crippen LogP contribution is 2.25. The van der Waals surface area contributed by atoms with E-state index in [0.717, 1.165) is 29.7 Å². The molecule has 1 amide bonds. The molecule has 0 aliphatic carbocycles. The highest BCUT2D eigenvalue weighted by molar-refractivity contribution is 6.07. The highest BCUT2D eigenvalue weighted by Gasteiger charge is 2.33. The van der Waals surface area contributed by atoms with E-state index >= 15 is 0 Å². The molecule has 1 aromatic carbocycles. The molecule has 3 heterocycles. The molecule has 1 aliphatic rings. The van der Waals surface area contributed by atoms with Crippen LogP contribution in [0.4, 0.5) is 0 Å². The van der Waals surface area contributed by atoms with E-state index in [-0.39, 0.29) is 23.7 Å². The molecule has 1 aliphatic heterocycles. The number of rotatable bonds is 5. The van der Waals surface area contributed by atoms with Crippen LogP contribution in [0.25, 0.3) is 22.3 Å². The monoisotopic (exact) mass is 418 g/mol. The van der Waals surface area contributed by atoms with Crippen LogP contribution in [-0.4, -0.2) is 58.2 Å². The Balaban J connectivity index is 1.59. The topological polar surface area (TPSA) is 67.4 Å². The minimum Gasteiger partial charge on any atom is -0.373 e. The van der Waals surface area contributed by atoms with Crippen LogP contribution in [0, 0.1) is 0 Å². The first kappa shape index (κ1) is 21.4. The van der Waals surface area contributed by atoms with Gasteiger partial charge in [0.15, 0.2) is 0 Å². The summed E-state index contributed by atoms with van der Waals surface area (Å²) >= 11 is 0. The second kappa shape index (κ2) is 8.73. The van der Waals surface area contributed by atoms with Crippen LogP contribution < -0.4 is 5.32 Å². The molecule has 1 N–H and O–H groups in total. The first-order chi connectivity index (χ1) is 14.8. The molecular formula is C25H30N4O2. The molecule has 2 unspecified atom stereocenters. The molecule has 0 radical (unpaired) electrons. The molecule has 4 rings (SSSR count). The Kier molecular flexibility index (Phi) is 6.03. The third kappa shape index (κ3) is 4.75. The van der Waals surface area contributed by atoms with E-state index in [9.17, 15) is 4.79 Å². The summed E-state index contributed by atoms with van der Waals surface area (Å²) in [6, 6.07) is 15.3. The number of hydrogen-bond donors (Lipinski definition) is 1. The van der Waals surface area contributed by atoms with E-state index in [2.05, 4.69) is 42.9 Å². The highest BCUT2D eigenvalue weighted by atomic mass is 16.5. The number of ether oxygens (including phenoxy) is 1. The van der Waals surface area contributed by atoms with Gasteiger partial charge in [0.05, 0.1) is 34.7 Å². The van der Waals surface area contributed by atoms with Gasteiger partial charge in [0.25, 0.3) is 5.91 Å². The molecule has 3 aromatic rings. The van der Waals surface area contributed by atoms with Crippen molar-refractivity contribution in [1.29, 1.82) is 0 Å². The molecule has 162 valence electrons. The van der Waals surface area contributed by atoms with E-state index in [1.807, 2.05) is 48.5 Å². The second-order valence-electron chi connectivity index (χ2n) is 8.94. The van der Waals surface area contributed by atoms with Crippen LogP contribution in [-0.2, 0) is 4.74 Å². The minimum absolute atomic E-state index is 0.0989. The average Bonchev–Trinajstić information content (AvgIpc) is 2.76. The predicted molar refractivity (Wildman–Crippen MR) is 123 cm³/mol. The zero-order valence-electron chi connectivity index (χ0n) is 18.6. The molecule has 6 heteroatoms. The van der Waals surface area contributed by atoms with Gasteiger partial charge < -0.3 is 10.1 Å². The fourth-order valence-corrected chi connectivity index (χ4v) is 4.18. The number of morpholine rings is 1. The van der Waals surface area contributed by atoms with Gasteiger partial charge in [0.2, 0.25) is 0 Å². The van der Waals surface area contributed by atoms with Crippen LogP contribution in [0.1, 0.15) is 38.1 Å². The summed E-state index contributed by atoms with van der Waals surface area (Å²) in [5.41, 5.74) is 2.66. The molecular weight excluding hydrogens is 388 g/mol. The lowest BCUT2D eigenvalue weighted by Gasteiger charge is -2.45. The summed E-state index contributed by atoms with van der Waals surface area (Å²) in [4.78, 5) is 24.8. The molecule has 1 fully saturated rings. The summed E-state index contributed by atoms with van der Waals surface area (Å²) in [6.07, 6.45) is 2.10. The standard InChI is InChI=1S/C25H30N4O2/c1-17-14-29(15-18(2)31-17)25(3,4)16-27-24(30)20-13-23(22-11-7-8-12-26-22)28-21-10-6-5-9-19(20)21/h5-13,17-18H,14-16H2,1-4H3,(H,27,30). The van der Waals surface area contributed by atoms with Crippen LogP contribution in [0.3, 0.4) is 0 Å². The lowest BCUT2D eigenvalue weighted by atomic mass is 9.99. The summed E-state index contributed by atoms with van der Waals surface area (Å²) in [6.45, 7) is 10.8. The SMILES string of the molecule is CC1CN(C(C)(C)CNC(=O)c2cc(-c3ccccn3)nc3ccccc23)CC(C)O1. The Morgan fingerprint density at radius 3 is 2.52 bits per heavy atom. The first-order valence-corrected chi connectivity index (χ1v) is 10.8. The van der Waals surface area contributed by atoms with Gasteiger partial charge in [0.1, 0.15) is 0 Å². The predicted octanol–water partition coefficient (Wildman–Crippen LogP) is 3.91. The number of aromatic nitrogens is 2. The third-order valence-corrected chi connectivity index (χ3v) is 5.85. The third-order valence-electron chi connectivity index (χ3n) is 5.85. The Hall–Kier alpha value is -2.83. The van der Waals surface area contributed by atoms with Gasteiger partial charge in [-0.1, -0.05) is 24.3 Å². The number of nitrogens with zero attached hydrogens (tertiary/aromatic N) is 3. The lowest BCUT2D eigenvalue weighted by Crippen LogP contribution is -2.58. The lowest BCUT2D eigenvalue weighted by molar-refractivity contribution is -0.0948. The zero-order valence-corrected chi connectivity index (χ0v) is 18.6. The van der Waals surface area contributed by atoms with Crippen LogP contribution >= 0.6 is 0 Å². The zero-order chi connectivity index (χ0) is 22.0. The molecule has 0 spiro atoms. The number of amides is 1. The molecule has 2 aromatic heterocycles. The van der Waals surface area contributed by atoms with E-state index in [4.69, 9.17) is 9.72 Å². The largest absolute Gasteiger partial charge is 0.373 e. The van der Waals surface area contributed by atoms with Crippen molar-refractivity contribution in [3.63, 3.8) is 0 Å². The van der Waals surface area contributed by atoms with Crippen molar-refractivity contribution in [2.75, 3.05) is 19.6 Å². The Labute approximate surface area is 183 Å². The van der Waals surface area contributed by atoms with Crippen molar-refractivity contribution in [2.45, 2.75) is 45.4 Å². The number of nitrogens with one attached hydrogen (secondary N) is 1. The summed E-state index contributed by atoms with van der Waals surface area (Å²) in [7, 11) is 0. The number of para-hydroxylation sites is 1. The minimum atomic E-state index is -0.186. The fraction of sp³-hybridized carbons (Fsp3) is 0.400. The normalized spacial score (nSPS) is 20.0. The average molecular weight is 419 g/mol. The molecule has 0 saturated carbocycles.